The van der Waals surface area contributed by atoms with Crippen LogP contribution in [-0.4, -0.2) is 29.6 Å². The summed E-state index contributed by atoms with van der Waals surface area (Å²) in [5.41, 5.74) is 2.60. The van der Waals surface area contributed by atoms with Gasteiger partial charge in [-0.05, 0) is 26.2 Å². The molecule has 0 amide bonds. The van der Waals surface area contributed by atoms with Crippen molar-refractivity contribution in [3.63, 3.8) is 0 Å². The van der Waals surface area contributed by atoms with Crippen LogP contribution < -0.4 is 5.69 Å². The minimum atomic E-state index is -0.338. The lowest BCUT2D eigenvalue weighted by atomic mass is 9.86. The van der Waals surface area contributed by atoms with Crippen molar-refractivity contribution < 1.29 is 9.63 Å². The molecule has 1 saturated carbocycles. The normalized spacial score (nSPS) is 15.5. The van der Waals surface area contributed by atoms with Crippen LogP contribution in [0.1, 0.15) is 54.8 Å². The maximum Gasteiger partial charge on any atom is 0.333 e. The highest BCUT2D eigenvalue weighted by molar-refractivity contribution is 5.35. The second-order valence-corrected chi connectivity index (χ2v) is 7.47. The van der Waals surface area contributed by atoms with E-state index in [1.54, 1.807) is 17.1 Å². The summed E-state index contributed by atoms with van der Waals surface area (Å²) in [6.07, 6.45) is 10.1. The topological polar surface area (TPSA) is 102 Å². The van der Waals surface area contributed by atoms with Crippen LogP contribution in [0.3, 0.4) is 0 Å². The van der Waals surface area contributed by atoms with Gasteiger partial charge in [-0.25, -0.2) is 9.36 Å². The summed E-state index contributed by atoms with van der Waals surface area (Å²) in [7, 11) is 0. The fourth-order valence-electron chi connectivity index (χ4n) is 3.98. The molecule has 0 aromatic carbocycles. The first-order valence-corrected chi connectivity index (χ1v) is 9.50. The minimum absolute atomic E-state index is 0.0116. The van der Waals surface area contributed by atoms with Gasteiger partial charge in [0, 0.05) is 11.8 Å². The standard InChI is InChI=1S/C19H25N5O3/c1-12-16(13(2)27-22-12)11-23-10-15(9-20-23)24-18(25)17(21-19(24)26)8-14-6-4-3-5-7-14/h9-10,14,25H,3-8,11H2,1-2H3,(H,21,26). The van der Waals surface area contributed by atoms with Crippen molar-refractivity contribution in [2.45, 2.75) is 58.9 Å². The molecule has 27 heavy (non-hydrogen) atoms. The highest BCUT2D eigenvalue weighted by Crippen LogP contribution is 2.29. The third-order valence-electron chi connectivity index (χ3n) is 5.54. The van der Waals surface area contributed by atoms with Gasteiger partial charge in [0.25, 0.3) is 0 Å². The second kappa shape index (κ2) is 7.09. The van der Waals surface area contributed by atoms with Crippen LogP contribution in [0.5, 0.6) is 5.88 Å². The van der Waals surface area contributed by atoms with Crippen LogP contribution in [0.25, 0.3) is 5.69 Å². The zero-order chi connectivity index (χ0) is 19.0. The smallest absolute Gasteiger partial charge is 0.333 e. The van der Waals surface area contributed by atoms with E-state index in [0.29, 0.717) is 30.3 Å². The molecule has 4 rings (SSSR count). The molecule has 8 heteroatoms. The van der Waals surface area contributed by atoms with Crippen molar-refractivity contribution in [1.29, 1.82) is 0 Å². The summed E-state index contributed by atoms with van der Waals surface area (Å²) in [5.74, 6) is 1.27. The van der Waals surface area contributed by atoms with E-state index in [-0.39, 0.29) is 11.6 Å². The predicted molar refractivity (Wildman–Crippen MR) is 99.2 cm³/mol. The summed E-state index contributed by atoms with van der Waals surface area (Å²) < 4.78 is 8.18. The van der Waals surface area contributed by atoms with Crippen LogP contribution in [0.15, 0.2) is 21.7 Å². The Morgan fingerprint density at radius 3 is 2.78 bits per heavy atom. The van der Waals surface area contributed by atoms with Gasteiger partial charge in [-0.2, -0.15) is 5.10 Å². The zero-order valence-corrected chi connectivity index (χ0v) is 15.7. The van der Waals surface area contributed by atoms with Gasteiger partial charge in [0.05, 0.1) is 29.8 Å². The van der Waals surface area contributed by atoms with Gasteiger partial charge >= 0.3 is 5.69 Å². The van der Waals surface area contributed by atoms with Gasteiger partial charge in [-0.1, -0.05) is 37.3 Å². The number of imidazole rings is 1. The van der Waals surface area contributed by atoms with Crippen LogP contribution in [0, 0.1) is 19.8 Å². The Kier molecular flexibility index (Phi) is 4.63. The molecule has 1 aliphatic carbocycles. The number of aryl methyl sites for hydroxylation is 2. The Balaban J connectivity index is 1.57. The molecule has 2 N–H and O–H groups in total. The maximum absolute atomic E-state index is 12.4. The van der Waals surface area contributed by atoms with Crippen molar-refractivity contribution in [3.8, 4) is 11.6 Å². The van der Waals surface area contributed by atoms with Crippen molar-refractivity contribution in [3.05, 3.63) is 45.6 Å². The fraction of sp³-hybridized carbons (Fsp3) is 0.526. The van der Waals surface area contributed by atoms with Gasteiger partial charge in [0.1, 0.15) is 5.76 Å². The largest absolute Gasteiger partial charge is 0.493 e. The van der Waals surface area contributed by atoms with Gasteiger partial charge in [0.15, 0.2) is 0 Å². The average molecular weight is 371 g/mol. The number of rotatable bonds is 5. The minimum Gasteiger partial charge on any atom is -0.493 e. The molecule has 0 bridgehead atoms. The number of nitrogens with one attached hydrogen (secondary N) is 1. The number of nitrogens with zero attached hydrogens (tertiary/aromatic N) is 4. The SMILES string of the molecule is Cc1noc(C)c1Cn1cc(-n2c(O)c(CC3CCCCC3)[nH]c2=O)cn1. The van der Waals surface area contributed by atoms with Crippen LogP contribution >= 0.6 is 0 Å². The number of aromatic hydroxyl groups is 1. The van der Waals surface area contributed by atoms with E-state index in [0.717, 1.165) is 29.9 Å². The molecule has 3 aromatic heterocycles. The Morgan fingerprint density at radius 2 is 2.07 bits per heavy atom. The summed E-state index contributed by atoms with van der Waals surface area (Å²) in [5, 5.41) is 18.9. The summed E-state index contributed by atoms with van der Waals surface area (Å²) in [6, 6.07) is 0. The van der Waals surface area contributed by atoms with E-state index in [1.165, 1.54) is 23.8 Å². The third kappa shape index (κ3) is 3.43. The zero-order valence-electron chi connectivity index (χ0n) is 15.7. The monoisotopic (exact) mass is 371 g/mol. The summed E-state index contributed by atoms with van der Waals surface area (Å²) >= 11 is 0. The molecule has 0 unspecified atom stereocenters. The number of aromatic amines is 1. The fourth-order valence-corrected chi connectivity index (χ4v) is 3.98. The quantitative estimate of drug-likeness (QED) is 0.718. The Labute approximate surface area is 156 Å². The van der Waals surface area contributed by atoms with Gasteiger partial charge < -0.3 is 14.6 Å². The molecular weight excluding hydrogens is 346 g/mol. The predicted octanol–water partition coefficient (Wildman–Crippen LogP) is 2.84. The second-order valence-electron chi connectivity index (χ2n) is 7.47. The van der Waals surface area contributed by atoms with Crippen LogP contribution in [-0.2, 0) is 13.0 Å². The first-order chi connectivity index (χ1) is 13.0. The molecule has 3 aromatic rings. The van der Waals surface area contributed by atoms with Gasteiger partial charge in [0.2, 0.25) is 5.88 Å². The van der Waals surface area contributed by atoms with Gasteiger partial charge in [-0.15, -0.1) is 0 Å². The van der Waals surface area contributed by atoms with Crippen molar-refractivity contribution >= 4 is 0 Å². The Bertz CT molecular complexity index is 968. The number of H-pyrrole nitrogens is 1. The molecule has 3 heterocycles. The molecule has 144 valence electrons. The van der Waals surface area contributed by atoms with E-state index in [1.807, 2.05) is 13.8 Å². The van der Waals surface area contributed by atoms with Crippen molar-refractivity contribution in [1.82, 2.24) is 24.5 Å². The van der Waals surface area contributed by atoms with E-state index in [2.05, 4.69) is 15.2 Å². The lowest BCUT2D eigenvalue weighted by Gasteiger charge is -2.20. The molecule has 0 spiro atoms. The van der Waals surface area contributed by atoms with Gasteiger partial charge in [-0.3, -0.25) is 4.68 Å². The molecular formula is C19H25N5O3. The van der Waals surface area contributed by atoms with E-state index in [4.69, 9.17) is 4.52 Å². The first kappa shape index (κ1) is 17.6. The number of aromatic nitrogens is 5. The number of hydrogen-bond acceptors (Lipinski definition) is 5. The molecule has 0 aliphatic heterocycles. The highest BCUT2D eigenvalue weighted by Gasteiger charge is 2.21. The Hall–Kier alpha value is -2.77. The van der Waals surface area contributed by atoms with Crippen molar-refractivity contribution in [2.75, 3.05) is 0 Å². The summed E-state index contributed by atoms with van der Waals surface area (Å²) in [4.78, 5) is 15.2. The highest BCUT2D eigenvalue weighted by atomic mass is 16.5. The lowest BCUT2D eigenvalue weighted by Crippen LogP contribution is -2.14. The third-order valence-corrected chi connectivity index (χ3v) is 5.54. The lowest BCUT2D eigenvalue weighted by molar-refractivity contribution is 0.347. The first-order valence-electron chi connectivity index (χ1n) is 9.50. The molecule has 0 saturated heterocycles. The maximum atomic E-state index is 12.4. The van der Waals surface area contributed by atoms with Crippen LogP contribution in [0.4, 0.5) is 0 Å². The molecule has 0 radical (unpaired) electrons. The Morgan fingerprint density at radius 1 is 1.30 bits per heavy atom. The molecule has 0 atom stereocenters. The summed E-state index contributed by atoms with van der Waals surface area (Å²) in [6.45, 7) is 4.24. The van der Waals surface area contributed by atoms with Crippen LogP contribution in [0.2, 0.25) is 0 Å². The molecule has 8 nitrogen and oxygen atoms in total. The van der Waals surface area contributed by atoms with E-state index < -0.39 is 0 Å². The molecule has 1 aliphatic rings. The molecule has 1 fully saturated rings. The number of hydrogen-bond donors (Lipinski definition) is 2. The van der Waals surface area contributed by atoms with E-state index in [9.17, 15) is 9.90 Å². The van der Waals surface area contributed by atoms with E-state index >= 15 is 0 Å². The van der Waals surface area contributed by atoms with Crippen molar-refractivity contribution in [2.24, 2.45) is 5.92 Å². The average Bonchev–Trinajstić information content (AvgIpc) is 3.31.